The van der Waals surface area contributed by atoms with E-state index in [2.05, 4.69) is 30.2 Å². The fourth-order valence-corrected chi connectivity index (χ4v) is 5.71. The first-order valence-corrected chi connectivity index (χ1v) is 9.94. The summed E-state index contributed by atoms with van der Waals surface area (Å²) in [6, 6.07) is 12.8. The second kappa shape index (κ2) is 6.50. The Bertz CT molecular complexity index is 866. The zero-order valence-corrected chi connectivity index (χ0v) is 15.5. The average Bonchev–Trinajstić information content (AvgIpc) is 2.96. The summed E-state index contributed by atoms with van der Waals surface area (Å²) in [5.74, 6) is 0.727. The minimum absolute atomic E-state index is 0.0688. The van der Waals surface area contributed by atoms with Gasteiger partial charge in [0.05, 0.1) is 5.71 Å². The molecule has 6 heteroatoms. The van der Waals surface area contributed by atoms with Crippen molar-refractivity contribution in [2.24, 2.45) is 11.0 Å². The largest absolute Gasteiger partial charge is 0.273 e. The van der Waals surface area contributed by atoms with Crippen molar-refractivity contribution in [3.8, 4) is 0 Å². The van der Waals surface area contributed by atoms with E-state index in [1.807, 2.05) is 11.8 Å². The Morgan fingerprint density at radius 1 is 1.28 bits per heavy atom. The Labute approximate surface area is 154 Å². The van der Waals surface area contributed by atoms with Crippen LogP contribution in [0.2, 0.25) is 0 Å². The number of hydrogen-bond acceptors (Lipinski definition) is 4. The minimum atomic E-state index is -0.256. The van der Waals surface area contributed by atoms with Crippen molar-refractivity contribution in [3.63, 3.8) is 0 Å². The maximum atomic E-state index is 13.2. The van der Waals surface area contributed by atoms with Crippen LogP contribution in [0.3, 0.4) is 0 Å². The van der Waals surface area contributed by atoms with Gasteiger partial charge in [-0.2, -0.15) is 5.10 Å². The van der Waals surface area contributed by atoms with E-state index in [9.17, 15) is 9.18 Å². The number of benzene rings is 2. The molecule has 2 aliphatic rings. The summed E-state index contributed by atoms with van der Waals surface area (Å²) in [5.41, 5.74) is 3.31. The lowest BCUT2D eigenvalue weighted by atomic mass is 9.97. The van der Waals surface area contributed by atoms with Crippen LogP contribution in [0.15, 0.2) is 57.4 Å². The summed E-state index contributed by atoms with van der Waals surface area (Å²) in [5, 5.41) is 6.17. The SMILES string of the molecule is CC(=O)N1N=C2c3cc(C)ccc3SC[C@H]2[C@@H]1Sc1ccc(F)cc1. The summed E-state index contributed by atoms with van der Waals surface area (Å²) in [4.78, 5) is 14.3. The van der Waals surface area contributed by atoms with Crippen LogP contribution in [0.25, 0.3) is 0 Å². The second-order valence-corrected chi connectivity index (χ2v) is 8.48. The van der Waals surface area contributed by atoms with E-state index in [1.54, 1.807) is 35.8 Å². The van der Waals surface area contributed by atoms with Gasteiger partial charge in [-0.05, 0) is 43.3 Å². The molecule has 2 aromatic carbocycles. The Morgan fingerprint density at radius 2 is 2.04 bits per heavy atom. The third-order valence-corrected chi connectivity index (χ3v) is 6.88. The highest BCUT2D eigenvalue weighted by atomic mass is 32.2. The number of aryl methyl sites for hydroxylation is 1. The van der Waals surface area contributed by atoms with E-state index in [4.69, 9.17) is 0 Å². The van der Waals surface area contributed by atoms with E-state index < -0.39 is 0 Å². The molecule has 2 heterocycles. The number of rotatable bonds is 2. The predicted molar refractivity (Wildman–Crippen MR) is 100 cm³/mol. The maximum Gasteiger partial charge on any atom is 0.240 e. The Kier molecular flexibility index (Phi) is 4.33. The van der Waals surface area contributed by atoms with Gasteiger partial charge in [-0.15, -0.1) is 11.8 Å². The first kappa shape index (κ1) is 16.7. The molecule has 0 radical (unpaired) electrons. The third kappa shape index (κ3) is 3.09. The van der Waals surface area contributed by atoms with Gasteiger partial charge in [-0.3, -0.25) is 4.79 Å². The molecule has 0 saturated carbocycles. The molecule has 0 unspecified atom stereocenters. The van der Waals surface area contributed by atoms with Crippen LogP contribution < -0.4 is 0 Å². The summed E-state index contributed by atoms with van der Waals surface area (Å²) >= 11 is 3.38. The number of halogens is 1. The summed E-state index contributed by atoms with van der Waals surface area (Å²) in [6.07, 6.45) is 0. The van der Waals surface area contributed by atoms with Gasteiger partial charge >= 0.3 is 0 Å². The Balaban J connectivity index is 1.70. The first-order chi connectivity index (χ1) is 12.0. The van der Waals surface area contributed by atoms with Crippen LogP contribution in [0.4, 0.5) is 4.39 Å². The van der Waals surface area contributed by atoms with E-state index in [1.165, 1.54) is 22.6 Å². The molecule has 2 atom stereocenters. The molecule has 0 N–H and O–H groups in total. The smallest absolute Gasteiger partial charge is 0.240 e. The average molecular weight is 372 g/mol. The van der Waals surface area contributed by atoms with Crippen molar-refractivity contribution in [1.29, 1.82) is 0 Å². The van der Waals surface area contributed by atoms with E-state index in [0.717, 1.165) is 21.9 Å². The van der Waals surface area contributed by atoms with Crippen LogP contribution in [0.1, 0.15) is 18.1 Å². The molecular formula is C19H17FN2OS2. The zero-order valence-electron chi connectivity index (χ0n) is 13.9. The molecule has 0 spiro atoms. The van der Waals surface area contributed by atoms with Gasteiger partial charge in [0.15, 0.2) is 0 Å². The van der Waals surface area contributed by atoms with E-state index in [-0.39, 0.29) is 23.0 Å². The third-order valence-electron chi connectivity index (χ3n) is 4.37. The molecule has 3 nitrogen and oxygen atoms in total. The number of amides is 1. The summed E-state index contributed by atoms with van der Waals surface area (Å²) in [6.45, 7) is 3.61. The van der Waals surface area contributed by atoms with Gasteiger partial charge in [0.1, 0.15) is 11.2 Å². The van der Waals surface area contributed by atoms with E-state index in [0.29, 0.717) is 0 Å². The lowest BCUT2D eigenvalue weighted by Crippen LogP contribution is -2.35. The lowest BCUT2D eigenvalue weighted by Gasteiger charge is -2.28. The number of fused-ring (bicyclic) bond motifs is 3. The zero-order chi connectivity index (χ0) is 17.6. The number of carbonyl (C=O) groups is 1. The molecule has 0 saturated heterocycles. The number of nitrogens with zero attached hydrogens (tertiary/aromatic N) is 2. The highest BCUT2D eigenvalue weighted by Gasteiger charge is 2.43. The number of hydrazone groups is 1. The van der Waals surface area contributed by atoms with Gasteiger partial charge in [-0.1, -0.05) is 23.4 Å². The molecular weight excluding hydrogens is 355 g/mol. The number of thioether (sulfide) groups is 2. The van der Waals surface area contributed by atoms with Gasteiger partial charge in [0.2, 0.25) is 5.91 Å². The van der Waals surface area contributed by atoms with E-state index >= 15 is 0 Å². The Morgan fingerprint density at radius 3 is 2.76 bits per heavy atom. The number of carbonyl (C=O) groups excluding carboxylic acids is 1. The van der Waals surface area contributed by atoms with Crippen molar-refractivity contribution in [1.82, 2.24) is 5.01 Å². The highest BCUT2D eigenvalue weighted by Crippen LogP contribution is 2.44. The molecule has 128 valence electrons. The lowest BCUT2D eigenvalue weighted by molar-refractivity contribution is -0.129. The van der Waals surface area contributed by atoms with Crippen LogP contribution in [0, 0.1) is 18.7 Å². The van der Waals surface area contributed by atoms with Gasteiger partial charge in [0.25, 0.3) is 0 Å². The Hall–Kier alpha value is -1.79. The van der Waals surface area contributed by atoms with Crippen molar-refractivity contribution in [2.75, 3.05) is 5.75 Å². The minimum Gasteiger partial charge on any atom is -0.273 e. The number of hydrogen-bond donors (Lipinski definition) is 0. The highest BCUT2D eigenvalue weighted by molar-refractivity contribution is 8.00. The predicted octanol–water partition coefficient (Wildman–Crippen LogP) is 4.54. The van der Waals surface area contributed by atoms with Crippen molar-refractivity contribution >= 4 is 35.1 Å². The molecule has 1 amide bonds. The van der Waals surface area contributed by atoms with Crippen molar-refractivity contribution in [3.05, 3.63) is 59.4 Å². The molecule has 2 aliphatic heterocycles. The topological polar surface area (TPSA) is 32.7 Å². The molecule has 25 heavy (non-hydrogen) atoms. The molecule has 0 fully saturated rings. The second-order valence-electron chi connectivity index (χ2n) is 6.23. The summed E-state index contributed by atoms with van der Waals surface area (Å²) in [7, 11) is 0. The van der Waals surface area contributed by atoms with Gasteiger partial charge < -0.3 is 0 Å². The molecule has 0 aromatic heterocycles. The standard InChI is InChI=1S/C19H17FN2OS2/c1-11-3-8-17-15(9-11)18-16(10-24-17)19(22(21-18)12(2)23)25-14-6-4-13(20)5-7-14/h3-9,16,19H,10H2,1-2H3/t16-,19+/m1/s1. The van der Waals surface area contributed by atoms with Crippen LogP contribution in [-0.4, -0.2) is 27.8 Å². The monoisotopic (exact) mass is 372 g/mol. The van der Waals surface area contributed by atoms with Crippen LogP contribution >= 0.6 is 23.5 Å². The molecule has 2 aromatic rings. The fourth-order valence-electron chi connectivity index (χ4n) is 3.15. The first-order valence-electron chi connectivity index (χ1n) is 8.07. The van der Waals surface area contributed by atoms with Crippen molar-refractivity contribution < 1.29 is 9.18 Å². The van der Waals surface area contributed by atoms with Gasteiger partial charge in [-0.25, -0.2) is 9.40 Å². The molecule has 0 aliphatic carbocycles. The van der Waals surface area contributed by atoms with Crippen LogP contribution in [-0.2, 0) is 4.79 Å². The quantitative estimate of drug-likeness (QED) is 0.776. The van der Waals surface area contributed by atoms with Crippen LogP contribution in [0.5, 0.6) is 0 Å². The van der Waals surface area contributed by atoms with Crippen molar-refractivity contribution in [2.45, 2.75) is 29.0 Å². The molecule has 0 bridgehead atoms. The normalized spacial score (nSPS) is 21.6. The maximum absolute atomic E-state index is 13.2. The fraction of sp³-hybridized carbons (Fsp3) is 0.263. The summed E-state index contributed by atoms with van der Waals surface area (Å²) < 4.78 is 13.2. The van der Waals surface area contributed by atoms with Gasteiger partial charge in [0, 0.05) is 33.9 Å². The molecule has 4 rings (SSSR count).